The van der Waals surface area contributed by atoms with Gasteiger partial charge in [-0.1, -0.05) is 12.1 Å². The van der Waals surface area contributed by atoms with E-state index in [1.54, 1.807) is 7.11 Å². The van der Waals surface area contributed by atoms with Crippen molar-refractivity contribution in [3.63, 3.8) is 0 Å². The monoisotopic (exact) mass is 272 g/mol. The number of methoxy groups -OCH3 is 1. The van der Waals surface area contributed by atoms with E-state index in [1.165, 1.54) is 18.4 Å². The van der Waals surface area contributed by atoms with Crippen molar-refractivity contribution in [2.75, 3.05) is 33.5 Å². The van der Waals surface area contributed by atoms with Crippen LogP contribution in [0.4, 0.5) is 0 Å². The Morgan fingerprint density at radius 2 is 2.06 bits per heavy atom. The van der Waals surface area contributed by atoms with E-state index < -0.39 is 10.0 Å². The number of rotatable bonds is 7. The minimum atomic E-state index is -3.12. The Balaban J connectivity index is 2.38. The van der Waals surface area contributed by atoms with Crippen LogP contribution in [-0.4, -0.2) is 46.2 Å². The number of nitrogens with zero attached hydrogens (tertiary/aromatic N) is 1. The summed E-state index contributed by atoms with van der Waals surface area (Å²) in [5.41, 5.74) is 1.07. The zero-order valence-electron chi connectivity index (χ0n) is 11.0. The molecule has 0 unspecified atom stereocenters. The lowest BCUT2D eigenvalue weighted by molar-refractivity contribution is 0.414. The van der Waals surface area contributed by atoms with Crippen LogP contribution in [0.5, 0.6) is 5.75 Å². The van der Waals surface area contributed by atoms with Gasteiger partial charge in [0.25, 0.3) is 0 Å². The Hall–Kier alpha value is -1.11. The SMILES string of the molecule is COc1cccc(CNCCS(=O)(=O)N(C)C)c1. The number of ether oxygens (including phenoxy) is 1. The van der Waals surface area contributed by atoms with Gasteiger partial charge in [-0.25, -0.2) is 12.7 Å². The first-order valence-electron chi connectivity index (χ1n) is 5.69. The van der Waals surface area contributed by atoms with Crippen LogP contribution in [0.3, 0.4) is 0 Å². The largest absolute Gasteiger partial charge is 0.497 e. The van der Waals surface area contributed by atoms with E-state index >= 15 is 0 Å². The van der Waals surface area contributed by atoms with Gasteiger partial charge in [-0.15, -0.1) is 0 Å². The molecule has 0 heterocycles. The first-order chi connectivity index (χ1) is 8.45. The standard InChI is InChI=1S/C12H20N2O3S/c1-14(2)18(15,16)8-7-13-10-11-5-4-6-12(9-11)17-3/h4-6,9,13H,7-8,10H2,1-3H3. The molecule has 0 radical (unpaired) electrons. The maximum absolute atomic E-state index is 11.5. The van der Waals surface area contributed by atoms with Crippen molar-refractivity contribution in [3.8, 4) is 5.75 Å². The fourth-order valence-corrected chi connectivity index (χ4v) is 2.17. The van der Waals surface area contributed by atoms with Gasteiger partial charge in [0.05, 0.1) is 12.9 Å². The predicted molar refractivity (Wildman–Crippen MR) is 72.2 cm³/mol. The Morgan fingerprint density at radius 3 is 2.67 bits per heavy atom. The summed E-state index contributed by atoms with van der Waals surface area (Å²) in [7, 11) is 1.58. The molecule has 0 saturated heterocycles. The molecule has 0 saturated carbocycles. The predicted octanol–water partition coefficient (Wildman–Crippen LogP) is 0.676. The molecule has 5 nitrogen and oxygen atoms in total. The summed E-state index contributed by atoms with van der Waals surface area (Å²) in [5.74, 6) is 0.902. The summed E-state index contributed by atoms with van der Waals surface area (Å²) >= 11 is 0. The average Bonchev–Trinajstić information content (AvgIpc) is 2.35. The summed E-state index contributed by atoms with van der Waals surface area (Å²) in [6, 6.07) is 7.68. The van der Waals surface area contributed by atoms with E-state index in [2.05, 4.69) is 5.32 Å². The van der Waals surface area contributed by atoms with Gasteiger partial charge in [0.2, 0.25) is 10.0 Å². The number of sulfonamides is 1. The number of nitrogens with one attached hydrogen (secondary N) is 1. The van der Waals surface area contributed by atoms with Gasteiger partial charge in [-0.3, -0.25) is 0 Å². The summed E-state index contributed by atoms with van der Waals surface area (Å²) in [5, 5.41) is 3.10. The third kappa shape index (κ3) is 4.64. The van der Waals surface area contributed by atoms with Gasteiger partial charge in [-0.2, -0.15) is 0 Å². The van der Waals surface area contributed by atoms with Crippen molar-refractivity contribution >= 4 is 10.0 Å². The molecule has 0 aliphatic rings. The van der Waals surface area contributed by atoms with Crippen LogP contribution in [-0.2, 0) is 16.6 Å². The lowest BCUT2D eigenvalue weighted by Crippen LogP contribution is -2.30. The summed E-state index contributed by atoms with van der Waals surface area (Å²) in [6.45, 7) is 1.05. The second-order valence-electron chi connectivity index (χ2n) is 4.13. The highest BCUT2D eigenvalue weighted by molar-refractivity contribution is 7.89. The molecule has 1 rings (SSSR count). The van der Waals surface area contributed by atoms with Crippen molar-refractivity contribution in [2.24, 2.45) is 0 Å². The molecule has 6 heteroatoms. The second kappa shape index (κ2) is 6.72. The highest BCUT2D eigenvalue weighted by atomic mass is 32.2. The normalized spacial score (nSPS) is 11.8. The van der Waals surface area contributed by atoms with Crippen LogP contribution in [0, 0.1) is 0 Å². The van der Waals surface area contributed by atoms with Crippen LogP contribution in [0.15, 0.2) is 24.3 Å². The van der Waals surface area contributed by atoms with Gasteiger partial charge in [0.15, 0.2) is 0 Å². The van der Waals surface area contributed by atoms with Crippen molar-refractivity contribution < 1.29 is 13.2 Å². The fraction of sp³-hybridized carbons (Fsp3) is 0.500. The summed E-state index contributed by atoms with van der Waals surface area (Å²) in [6.07, 6.45) is 0. The topological polar surface area (TPSA) is 58.6 Å². The average molecular weight is 272 g/mol. The molecule has 18 heavy (non-hydrogen) atoms. The van der Waals surface area contributed by atoms with Crippen molar-refractivity contribution in [1.29, 1.82) is 0 Å². The molecular weight excluding hydrogens is 252 g/mol. The van der Waals surface area contributed by atoms with E-state index in [0.29, 0.717) is 13.1 Å². The molecule has 0 aromatic heterocycles. The van der Waals surface area contributed by atoms with Crippen molar-refractivity contribution in [3.05, 3.63) is 29.8 Å². The molecule has 0 fully saturated rings. The van der Waals surface area contributed by atoms with Gasteiger partial charge in [0.1, 0.15) is 5.75 Å². The van der Waals surface area contributed by atoms with Gasteiger partial charge in [-0.05, 0) is 17.7 Å². The quantitative estimate of drug-likeness (QED) is 0.741. The molecule has 0 atom stereocenters. The van der Waals surface area contributed by atoms with Crippen LogP contribution < -0.4 is 10.1 Å². The second-order valence-corrected chi connectivity index (χ2v) is 6.43. The summed E-state index contributed by atoms with van der Waals surface area (Å²) < 4.78 is 29.4. The van der Waals surface area contributed by atoms with Gasteiger partial charge in [0, 0.05) is 27.2 Å². The zero-order chi connectivity index (χ0) is 13.6. The number of hydrogen-bond donors (Lipinski definition) is 1. The molecule has 0 amide bonds. The Kier molecular flexibility index (Phi) is 5.58. The van der Waals surface area contributed by atoms with Crippen LogP contribution in [0.25, 0.3) is 0 Å². The minimum absolute atomic E-state index is 0.101. The smallest absolute Gasteiger partial charge is 0.214 e. The molecule has 1 aromatic carbocycles. The zero-order valence-corrected chi connectivity index (χ0v) is 11.8. The highest BCUT2D eigenvalue weighted by Gasteiger charge is 2.12. The minimum Gasteiger partial charge on any atom is -0.497 e. The molecule has 0 bridgehead atoms. The van der Waals surface area contributed by atoms with Crippen molar-refractivity contribution in [1.82, 2.24) is 9.62 Å². The third-order valence-electron chi connectivity index (χ3n) is 2.56. The summed E-state index contributed by atoms with van der Waals surface area (Å²) in [4.78, 5) is 0. The van der Waals surface area contributed by atoms with E-state index in [-0.39, 0.29) is 5.75 Å². The molecular formula is C12H20N2O3S. The lowest BCUT2D eigenvalue weighted by atomic mass is 10.2. The van der Waals surface area contributed by atoms with E-state index in [4.69, 9.17) is 4.74 Å². The third-order valence-corrected chi connectivity index (χ3v) is 4.39. The fourth-order valence-electron chi connectivity index (χ4n) is 1.40. The Morgan fingerprint density at radius 1 is 1.33 bits per heavy atom. The van der Waals surface area contributed by atoms with E-state index in [0.717, 1.165) is 11.3 Å². The maximum Gasteiger partial charge on any atom is 0.214 e. The Labute approximate surface area is 109 Å². The first-order valence-corrected chi connectivity index (χ1v) is 7.30. The molecule has 0 spiro atoms. The lowest BCUT2D eigenvalue weighted by Gasteiger charge is -2.11. The van der Waals surface area contributed by atoms with Crippen LogP contribution in [0.1, 0.15) is 5.56 Å². The molecule has 1 aromatic rings. The molecule has 0 aliphatic carbocycles. The molecule has 0 aliphatic heterocycles. The number of benzene rings is 1. The van der Waals surface area contributed by atoms with E-state index in [1.807, 2.05) is 24.3 Å². The van der Waals surface area contributed by atoms with Gasteiger partial charge < -0.3 is 10.1 Å². The van der Waals surface area contributed by atoms with Crippen LogP contribution in [0.2, 0.25) is 0 Å². The highest BCUT2D eigenvalue weighted by Crippen LogP contribution is 2.11. The van der Waals surface area contributed by atoms with Crippen LogP contribution >= 0.6 is 0 Å². The maximum atomic E-state index is 11.5. The van der Waals surface area contributed by atoms with Gasteiger partial charge >= 0.3 is 0 Å². The van der Waals surface area contributed by atoms with E-state index in [9.17, 15) is 8.42 Å². The molecule has 102 valence electrons. The first kappa shape index (κ1) is 14.9. The number of hydrogen-bond acceptors (Lipinski definition) is 4. The Bertz CT molecular complexity index is 472. The van der Waals surface area contributed by atoms with Crippen molar-refractivity contribution in [2.45, 2.75) is 6.54 Å². The molecule has 1 N–H and O–H groups in total.